The largest absolute Gasteiger partial charge is 0.444 e. The SMILES string of the molecule is CC#CCn1c(N2CCCC(NC(=O)OC(C)(C)C)C2)nc2nc3n(c(=O)c21)CC(=O)N3C. The van der Waals surface area contributed by atoms with Crippen molar-refractivity contribution >= 4 is 35.1 Å². The summed E-state index contributed by atoms with van der Waals surface area (Å²) in [6.07, 6.45) is 1.19. The highest BCUT2D eigenvalue weighted by Gasteiger charge is 2.32. The maximum atomic E-state index is 13.3. The second kappa shape index (κ2) is 8.42. The zero-order valence-corrected chi connectivity index (χ0v) is 19.6. The van der Waals surface area contributed by atoms with Crippen molar-refractivity contribution in [2.75, 3.05) is 29.9 Å². The molecule has 2 aliphatic heterocycles. The lowest BCUT2D eigenvalue weighted by Gasteiger charge is -2.34. The molecule has 1 fully saturated rings. The van der Waals surface area contributed by atoms with Gasteiger partial charge in [0.2, 0.25) is 17.8 Å². The summed E-state index contributed by atoms with van der Waals surface area (Å²) in [5, 5.41) is 2.94. The maximum Gasteiger partial charge on any atom is 0.407 e. The van der Waals surface area contributed by atoms with Gasteiger partial charge in [0.05, 0.1) is 6.54 Å². The lowest BCUT2D eigenvalue weighted by Crippen LogP contribution is -2.49. The number of likely N-dealkylation sites (N-methyl/N-ethyl adjacent to an activating group) is 1. The number of nitrogens with zero attached hydrogens (tertiary/aromatic N) is 6. The van der Waals surface area contributed by atoms with Crippen LogP contribution in [0.4, 0.5) is 16.7 Å². The molecule has 4 heterocycles. The van der Waals surface area contributed by atoms with Crippen molar-refractivity contribution in [3.8, 4) is 11.8 Å². The van der Waals surface area contributed by atoms with E-state index in [4.69, 9.17) is 4.74 Å². The highest BCUT2D eigenvalue weighted by Crippen LogP contribution is 2.26. The number of aromatic nitrogens is 4. The lowest BCUT2D eigenvalue weighted by atomic mass is 10.1. The van der Waals surface area contributed by atoms with Gasteiger partial charge in [0.25, 0.3) is 5.56 Å². The average molecular weight is 456 g/mol. The Balaban J connectivity index is 1.69. The first-order chi connectivity index (χ1) is 15.6. The quantitative estimate of drug-likeness (QED) is 0.689. The van der Waals surface area contributed by atoms with E-state index in [1.807, 2.05) is 25.7 Å². The molecule has 2 aliphatic rings. The van der Waals surface area contributed by atoms with E-state index >= 15 is 0 Å². The summed E-state index contributed by atoms with van der Waals surface area (Å²) in [6, 6.07) is -0.123. The van der Waals surface area contributed by atoms with Crippen LogP contribution in [0.25, 0.3) is 11.2 Å². The minimum atomic E-state index is -0.575. The van der Waals surface area contributed by atoms with Gasteiger partial charge in [-0.25, -0.2) is 4.79 Å². The maximum absolute atomic E-state index is 13.3. The molecule has 176 valence electrons. The van der Waals surface area contributed by atoms with Crippen LogP contribution in [0.3, 0.4) is 0 Å². The zero-order chi connectivity index (χ0) is 23.9. The predicted molar refractivity (Wildman–Crippen MR) is 123 cm³/mol. The third-order valence-corrected chi connectivity index (χ3v) is 5.63. The Hall–Kier alpha value is -3.55. The molecule has 2 aromatic rings. The van der Waals surface area contributed by atoms with Crippen molar-refractivity contribution in [2.24, 2.45) is 0 Å². The van der Waals surface area contributed by atoms with Crippen LogP contribution < -0.4 is 20.7 Å². The van der Waals surface area contributed by atoms with Gasteiger partial charge in [-0.15, -0.1) is 5.92 Å². The second-order valence-corrected chi connectivity index (χ2v) is 9.28. The second-order valence-electron chi connectivity index (χ2n) is 9.28. The van der Waals surface area contributed by atoms with Crippen molar-refractivity contribution < 1.29 is 14.3 Å². The van der Waals surface area contributed by atoms with Crippen LogP contribution in [-0.2, 0) is 22.6 Å². The summed E-state index contributed by atoms with van der Waals surface area (Å²) >= 11 is 0. The number of imidazole rings is 1. The molecule has 2 amide bonds. The highest BCUT2D eigenvalue weighted by molar-refractivity contribution is 5.95. The number of carbonyl (C=O) groups is 2. The number of alkyl carbamates (subject to hydrolysis) is 1. The predicted octanol–water partition coefficient (Wildman–Crippen LogP) is 1.09. The molecule has 11 nitrogen and oxygen atoms in total. The summed E-state index contributed by atoms with van der Waals surface area (Å²) < 4.78 is 8.52. The van der Waals surface area contributed by atoms with E-state index in [1.54, 1.807) is 18.5 Å². The van der Waals surface area contributed by atoms with Crippen LogP contribution in [-0.4, -0.2) is 62.9 Å². The Morgan fingerprint density at radius 2 is 1.97 bits per heavy atom. The standard InChI is InChI=1S/C22H29N7O4/c1-6-7-11-28-16-17(24-19-26(5)15(30)13-29(19)18(16)31)25-20(28)27-10-8-9-14(12-27)23-21(32)33-22(2,3)4/h14H,8-13H2,1-5H3,(H,23,32). The van der Waals surface area contributed by atoms with Gasteiger partial charge in [0, 0.05) is 26.2 Å². The number of fused-ring (bicyclic) bond motifs is 2. The Morgan fingerprint density at radius 1 is 1.24 bits per heavy atom. The Kier molecular flexibility index (Phi) is 5.78. The Bertz CT molecular complexity index is 1230. The number of piperidine rings is 1. The molecule has 4 rings (SSSR count). The van der Waals surface area contributed by atoms with E-state index in [9.17, 15) is 14.4 Å². The fourth-order valence-corrected chi connectivity index (χ4v) is 4.14. The van der Waals surface area contributed by atoms with Gasteiger partial charge < -0.3 is 15.0 Å². The fraction of sp³-hybridized carbons (Fsp3) is 0.591. The lowest BCUT2D eigenvalue weighted by molar-refractivity contribution is -0.117. The molecule has 11 heteroatoms. The van der Waals surface area contributed by atoms with Gasteiger partial charge >= 0.3 is 6.09 Å². The molecule has 1 N–H and O–H groups in total. The van der Waals surface area contributed by atoms with E-state index in [0.29, 0.717) is 24.0 Å². The first-order valence-electron chi connectivity index (χ1n) is 11.0. The van der Waals surface area contributed by atoms with E-state index in [2.05, 4.69) is 27.1 Å². The zero-order valence-electron chi connectivity index (χ0n) is 19.6. The highest BCUT2D eigenvalue weighted by atomic mass is 16.6. The molecule has 0 aliphatic carbocycles. The molecule has 0 aromatic carbocycles. The van der Waals surface area contributed by atoms with Gasteiger partial charge in [-0.3, -0.25) is 23.6 Å². The van der Waals surface area contributed by atoms with Crippen molar-refractivity contribution in [2.45, 2.75) is 65.3 Å². The molecule has 0 spiro atoms. The van der Waals surface area contributed by atoms with Crippen LogP contribution in [0.1, 0.15) is 40.5 Å². The van der Waals surface area contributed by atoms with Crippen molar-refractivity contribution in [3.05, 3.63) is 10.4 Å². The van der Waals surface area contributed by atoms with E-state index < -0.39 is 11.7 Å². The van der Waals surface area contributed by atoms with Crippen molar-refractivity contribution in [3.63, 3.8) is 0 Å². The third kappa shape index (κ3) is 4.37. The summed E-state index contributed by atoms with van der Waals surface area (Å²) in [7, 11) is 1.59. The van der Waals surface area contributed by atoms with Gasteiger partial charge in [-0.05, 0) is 40.5 Å². The number of nitrogens with one attached hydrogen (secondary N) is 1. The molecule has 1 unspecified atom stereocenters. The summed E-state index contributed by atoms with van der Waals surface area (Å²) in [6.45, 7) is 8.66. The smallest absolute Gasteiger partial charge is 0.407 e. The Labute approximate surface area is 191 Å². The molecule has 0 saturated carbocycles. The first-order valence-corrected chi connectivity index (χ1v) is 11.0. The average Bonchev–Trinajstić information content (AvgIpc) is 3.24. The number of amides is 2. The number of rotatable bonds is 3. The number of anilines is 2. The van der Waals surface area contributed by atoms with Crippen LogP contribution in [0.15, 0.2) is 4.79 Å². The monoisotopic (exact) mass is 455 g/mol. The molecular formula is C22H29N7O4. The van der Waals surface area contributed by atoms with Gasteiger partial charge in [-0.1, -0.05) is 5.92 Å². The number of ether oxygens (including phenoxy) is 1. The topological polar surface area (TPSA) is 115 Å². The van der Waals surface area contributed by atoms with E-state index in [1.165, 1.54) is 9.47 Å². The molecule has 33 heavy (non-hydrogen) atoms. The molecule has 0 radical (unpaired) electrons. The minimum Gasteiger partial charge on any atom is -0.444 e. The normalized spacial score (nSPS) is 18.2. The summed E-state index contributed by atoms with van der Waals surface area (Å²) in [5.74, 6) is 6.54. The van der Waals surface area contributed by atoms with Gasteiger partial charge in [0.15, 0.2) is 11.2 Å². The number of hydrogen-bond acceptors (Lipinski definition) is 7. The summed E-state index contributed by atoms with van der Waals surface area (Å²) in [4.78, 5) is 50.2. The molecule has 0 bridgehead atoms. The first kappa shape index (κ1) is 22.6. The summed E-state index contributed by atoms with van der Waals surface area (Å²) in [5.41, 5.74) is -0.289. The van der Waals surface area contributed by atoms with Crippen molar-refractivity contribution in [1.82, 2.24) is 24.4 Å². The molecular weight excluding hydrogens is 426 g/mol. The van der Waals surface area contributed by atoms with Crippen LogP contribution >= 0.6 is 0 Å². The van der Waals surface area contributed by atoms with Crippen molar-refractivity contribution in [1.29, 1.82) is 0 Å². The van der Waals surface area contributed by atoms with Crippen LogP contribution in [0.5, 0.6) is 0 Å². The molecule has 2 aromatic heterocycles. The molecule has 1 saturated heterocycles. The van der Waals surface area contributed by atoms with Gasteiger partial charge in [-0.2, -0.15) is 9.97 Å². The van der Waals surface area contributed by atoms with Crippen LogP contribution in [0.2, 0.25) is 0 Å². The minimum absolute atomic E-state index is 0.0425. The van der Waals surface area contributed by atoms with E-state index in [-0.39, 0.29) is 36.2 Å². The third-order valence-electron chi connectivity index (χ3n) is 5.63. The van der Waals surface area contributed by atoms with Gasteiger partial charge in [0.1, 0.15) is 12.1 Å². The molecule has 1 atom stereocenters. The van der Waals surface area contributed by atoms with Crippen LogP contribution in [0, 0.1) is 11.8 Å². The fourth-order valence-electron chi connectivity index (χ4n) is 4.14. The van der Waals surface area contributed by atoms with E-state index in [0.717, 1.165) is 19.4 Å². The number of hydrogen-bond donors (Lipinski definition) is 1. The Morgan fingerprint density at radius 3 is 2.67 bits per heavy atom. The number of carbonyl (C=O) groups excluding carboxylic acids is 2.